The van der Waals surface area contributed by atoms with Gasteiger partial charge < -0.3 is 14.4 Å². The molecule has 0 N–H and O–H groups in total. The van der Waals surface area contributed by atoms with E-state index in [2.05, 4.69) is 22.1 Å². The molecule has 3 nitrogen and oxygen atoms in total. The van der Waals surface area contributed by atoms with E-state index in [4.69, 9.17) is 31.8 Å². The summed E-state index contributed by atoms with van der Waals surface area (Å²) in [6.45, 7) is -15.2. The average Bonchev–Trinajstić information content (AvgIpc) is 4.02. The van der Waals surface area contributed by atoms with Gasteiger partial charge in [0.05, 0.1) is 5.58 Å². The first-order chi connectivity index (χ1) is 34.7. The van der Waals surface area contributed by atoms with Crippen molar-refractivity contribution in [3.05, 3.63) is 167 Å². The number of aromatic nitrogens is 2. The predicted octanol–water partition coefficient (Wildman–Crippen LogP) is 13.9. The molecule has 0 atom stereocenters. The molecule has 0 amide bonds. The number of aryl methyl sites for hydroxylation is 6. The summed E-state index contributed by atoms with van der Waals surface area (Å²) in [6.07, 6.45) is 3.81. The van der Waals surface area contributed by atoms with Crippen molar-refractivity contribution in [2.45, 2.75) is 73.2 Å². The summed E-state index contributed by atoms with van der Waals surface area (Å²) in [5.74, 6) is -0.269. The van der Waals surface area contributed by atoms with Crippen LogP contribution in [0.5, 0.6) is 0 Å². The second kappa shape index (κ2) is 16.9. The van der Waals surface area contributed by atoms with Crippen molar-refractivity contribution in [3.63, 3.8) is 0 Å². The molecular weight excluding hydrogens is 861 g/mol. The van der Waals surface area contributed by atoms with Gasteiger partial charge in [0, 0.05) is 65.3 Å². The molecule has 0 unspecified atom stereocenters. The Morgan fingerprint density at radius 2 is 1.48 bits per heavy atom. The second-order valence-corrected chi connectivity index (χ2v) is 13.6. The van der Waals surface area contributed by atoms with Crippen LogP contribution in [0.3, 0.4) is 0 Å². The van der Waals surface area contributed by atoms with Crippen LogP contribution in [0.4, 0.5) is 0 Å². The predicted molar refractivity (Wildman–Crippen MR) is 229 cm³/mol. The molecular formula is C52H48IrN2O-2. The zero-order chi connectivity index (χ0) is 54.8. The normalized spacial score (nSPS) is 19.6. The van der Waals surface area contributed by atoms with Gasteiger partial charge in [-0.25, -0.2) is 0 Å². The monoisotopic (exact) mass is 929 g/mol. The Hall–Kier alpha value is -5.15. The van der Waals surface area contributed by atoms with E-state index in [1.165, 1.54) is 54.7 Å². The molecule has 4 heteroatoms. The molecule has 0 saturated heterocycles. The number of hydrogen-bond acceptors (Lipinski definition) is 3. The fourth-order valence-corrected chi connectivity index (χ4v) is 7.07. The Labute approximate surface area is 373 Å². The van der Waals surface area contributed by atoms with Crippen LogP contribution in [0.15, 0.2) is 120 Å². The Morgan fingerprint density at radius 1 is 0.661 bits per heavy atom. The Kier molecular flexibility index (Phi) is 6.46. The second-order valence-electron chi connectivity index (χ2n) is 13.6. The molecule has 1 radical (unpaired) electrons. The molecule has 1 saturated carbocycles. The molecule has 0 aliphatic heterocycles. The van der Waals surface area contributed by atoms with Crippen LogP contribution in [-0.4, -0.2) is 9.97 Å². The summed E-state index contributed by atoms with van der Waals surface area (Å²) in [6, 6.07) is 32.8. The van der Waals surface area contributed by atoms with Crippen molar-refractivity contribution < 1.29 is 51.9 Å². The summed E-state index contributed by atoms with van der Waals surface area (Å²) in [5.41, 5.74) is 2.74. The minimum atomic E-state index is -2.73. The Balaban J connectivity index is 0.000000262. The fraction of sp³-hybridized carbons (Fsp3) is 0.231. The third-order valence-corrected chi connectivity index (χ3v) is 9.80. The van der Waals surface area contributed by atoms with Crippen LogP contribution >= 0.6 is 0 Å². The average molecular weight is 929 g/mol. The van der Waals surface area contributed by atoms with Crippen molar-refractivity contribution in [1.82, 2.24) is 9.97 Å². The smallest absolute Gasteiger partial charge is 0.123 e. The van der Waals surface area contributed by atoms with Gasteiger partial charge in [0.25, 0.3) is 0 Å². The van der Waals surface area contributed by atoms with Gasteiger partial charge in [-0.1, -0.05) is 127 Å². The molecule has 0 spiro atoms. The minimum Gasteiger partial charge on any atom is -0.500 e. The molecule has 8 aromatic rings. The first kappa shape index (κ1) is 21.4. The maximum absolute atomic E-state index is 8.85. The summed E-state index contributed by atoms with van der Waals surface area (Å²) < 4.78 is 167. The molecule has 3 heterocycles. The SMILES string of the molecule is [2H]C([2H])([2H])c1cc(C([2H])([2H])[2H])c2oc3c(-c4cc(-c5ccc(C([2H])([2H])C6CCCC6)cc5C([2H])([2H])[2H])c(C([2H])([2H])[2H])cn4)[c-]ccc3c2c1.[2H]C([2H])([2H])c1ccc(-c2[c-]cc(C([2H])([2H])[2H])c(-c3ccccc3)c2)nc1.[Ir]. The molecule has 1 aliphatic rings. The molecule has 1 fully saturated rings. The molecule has 3 aromatic heterocycles. The number of rotatable bonds is 6. The van der Waals surface area contributed by atoms with E-state index in [0.717, 1.165) is 30.7 Å². The van der Waals surface area contributed by atoms with E-state index >= 15 is 0 Å². The van der Waals surface area contributed by atoms with Crippen molar-refractivity contribution >= 4 is 21.9 Å². The van der Waals surface area contributed by atoms with E-state index in [1.807, 2.05) is 30.3 Å². The van der Waals surface area contributed by atoms with Crippen LogP contribution in [0.1, 0.15) is 92.0 Å². The third kappa shape index (κ3) is 8.19. The van der Waals surface area contributed by atoms with Gasteiger partial charge in [-0.3, -0.25) is 0 Å². The molecule has 5 aromatic carbocycles. The van der Waals surface area contributed by atoms with Crippen molar-refractivity contribution in [2.75, 3.05) is 0 Å². The van der Waals surface area contributed by atoms with Gasteiger partial charge in [-0.05, 0) is 109 Å². The van der Waals surface area contributed by atoms with Crippen molar-refractivity contribution in [1.29, 1.82) is 0 Å². The maximum Gasteiger partial charge on any atom is 0.123 e. The molecule has 0 bridgehead atoms. The van der Waals surface area contributed by atoms with E-state index in [1.54, 1.807) is 18.2 Å². The Morgan fingerprint density at radius 3 is 2.25 bits per heavy atom. The molecule has 283 valence electrons. The fourth-order valence-electron chi connectivity index (χ4n) is 7.07. The van der Waals surface area contributed by atoms with E-state index < -0.39 is 47.5 Å². The van der Waals surface area contributed by atoms with Crippen LogP contribution in [-0.2, 0) is 26.5 Å². The first-order valence-electron chi connectivity index (χ1n) is 27.9. The topological polar surface area (TPSA) is 38.9 Å². The molecule has 1 aliphatic carbocycles. The molecule has 56 heavy (non-hydrogen) atoms. The number of hydrogen-bond donors (Lipinski definition) is 0. The standard InChI is InChI=1S/C33H32NO.C19H16N.Ir/c1-20-14-22(3)32-30(15-20)27-10-7-11-28(33(27)35-32)31-18-29(23(4)19-34-31)26-13-12-25(16-21(26)2)17-24-8-5-6-9-24;1-14-8-11-19(20-13-14)17-10-9-15(2)18(12-17)16-6-4-3-5-7-16;/h7,10,12-16,18-19,24H,5-6,8-9,17H2,1-4H3;3-9,11-13H,1-2H3;/q2*-1;/i1D3,2D3,3D3,4D3,17D2;1D3,2D3;. The quantitative estimate of drug-likeness (QED) is 0.156. The zero-order valence-electron chi connectivity index (χ0n) is 50.0. The van der Waals surface area contributed by atoms with Crippen molar-refractivity contribution in [3.8, 4) is 44.8 Å². The van der Waals surface area contributed by atoms with Crippen LogP contribution in [0, 0.1) is 59.2 Å². The number of benzene rings is 5. The van der Waals surface area contributed by atoms with Gasteiger partial charge in [0.1, 0.15) is 5.58 Å². The number of furan rings is 1. The number of nitrogens with zero attached hydrogens (tertiary/aromatic N) is 2. The number of pyridine rings is 2. The van der Waals surface area contributed by atoms with Crippen molar-refractivity contribution in [2.24, 2.45) is 5.92 Å². The minimum absolute atomic E-state index is 0. The van der Waals surface area contributed by atoms with Gasteiger partial charge in [-0.2, -0.15) is 0 Å². The molecule has 9 rings (SSSR count). The summed E-state index contributed by atoms with van der Waals surface area (Å²) in [5, 5.41) is 0.631. The van der Waals surface area contributed by atoms with Gasteiger partial charge in [0.15, 0.2) is 0 Å². The van der Waals surface area contributed by atoms with Gasteiger partial charge in [0.2, 0.25) is 0 Å². The first-order valence-corrected chi connectivity index (χ1v) is 17.9. The maximum atomic E-state index is 8.85. The largest absolute Gasteiger partial charge is 0.500 e. The number of fused-ring (bicyclic) bond motifs is 3. The third-order valence-electron chi connectivity index (χ3n) is 9.80. The zero-order valence-corrected chi connectivity index (χ0v) is 32.4. The summed E-state index contributed by atoms with van der Waals surface area (Å²) in [4.78, 5) is 8.61. The van der Waals surface area contributed by atoms with Crippen LogP contribution in [0.25, 0.3) is 66.7 Å². The van der Waals surface area contributed by atoms with E-state index in [-0.39, 0.29) is 104 Å². The summed E-state index contributed by atoms with van der Waals surface area (Å²) in [7, 11) is 0. The Bertz CT molecular complexity index is 3380. The van der Waals surface area contributed by atoms with E-state index in [0.29, 0.717) is 35.0 Å². The van der Waals surface area contributed by atoms with E-state index in [9.17, 15) is 0 Å². The van der Waals surface area contributed by atoms with Crippen LogP contribution in [0.2, 0.25) is 0 Å². The summed E-state index contributed by atoms with van der Waals surface area (Å²) >= 11 is 0. The van der Waals surface area contributed by atoms with Gasteiger partial charge >= 0.3 is 0 Å². The van der Waals surface area contributed by atoms with Gasteiger partial charge in [-0.15, -0.1) is 47.5 Å². The van der Waals surface area contributed by atoms with Crippen LogP contribution < -0.4 is 0 Å².